The summed E-state index contributed by atoms with van der Waals surface area (Å²) < 4.78 is 14.1. The van der Waals surface area contributed by atoms with Gasteiger partial charge >= 0.3 is 12.0 Å². The summed E-state index contributed by atoms with van der Waals surface area (Å²) in [5, 5.41) is 17.4. The molecule has 2 fully saturated rings. The zero-order chi connectivity index (χ0) is 38.1. The smallest absolute Gasteiger partial charge is 0.324 e. The number of carbonyl (C=O) groups is 3. The number of hydrogen-bond donors (Lipinski definition) is 2. The minimum absolute atomic E-state index is 0.165. The number of urea groups is 1. The molecule has 3 aliphatic heterocycles. The number of nitrogens with zero attached hydrogens (tertiary/aromatic N) is 6. The van der Waals surface area contributed by atoms with Gasteiger partial charge in [0.1, 0.15) is 12.1 Å². The summed E-state index contributed by atoms with van der Waals surface area (Å²) >= 11 is 1.44. The maximum atomic E-state index is 14.1. The van der Waals surface area contributed by atoms with E-state index < -0.39 is 23.5 Å². The fourth-order valence-electron chi connectivity index (χ4n) is 7.82. The molecule has 0 radical (unpaired) electrons. The van der Waals surface area contributed by atoms with Gasteiger partial charge in [-0.2, -0.15) is 5.26 Å². The number of rotatable bonds is 6. The molecule has 14 heteroatoms. The predicted molar refractivity (Wildman–Crippen MR) is 205 cm³/mol. The second-order valence-corrected chi connectivity index (χ2v) is 16.2. The SMILES string of the molecule is CCn1c(-c2cccnc2[C@H](C)OC)c2c3cc(ccc31)-c1csc(n1)C[C@H](NC(=O)N1CC[C@H]1CC#N)C(=O)N1CCC[C@H](N1)C(=O)OCC(C)(C)C2. The molecule has 6 bridgehead atoms. The van der Waals surface area contributed by atoms with Gasteiger partial charge in [0.2, 0.25) is 0 Å². The number of aryl methyl sites for hydroxylation is 1. The molecule has 0 spiro atoms. The number of benzene rings is 1. The first kappa shape index (κ1) is 37.5. The highest BCUT2D eigenvalue weighted by molar-refractivity contribution is 7.10. The molecule has 2 N–H and O–H groups in total. The summed E-state index contributed by atoms with van der Waals surface area (Å²) in [6.07, 6.45) is 4.42. The fourth-order valence-corrected chi connectivity index (χ4v) is 8.67. The molecule has 4 aromatic rings. The van der Waals surface area contributed by atoms with Crippen molar-refractivity contribution in [2.75, 3.05) is 26.8 Å². The molecule has 3 aromatic heterocycles. The average molecular weight is 753 g/mol. The first-order valence-corrected chi connectivity index (χ1v) is 19.7. The summed E-state index contributed by atoms with van der Waals surface area (Å²) in [5.74, 6) is -0.776. The van der Waals surface area contributed by atoms with Crippen molar-refractivity contribution in [3.05, 3.63) is 58.2 Å². The minimum Gasteiger partial charge on any atom is -0.464 e. The highest BCUT2D eigenvalue weighted by atomic mass is 32.1. The van der Waals surface area contributed by atoms with Gasteiger partial charge in [0, 0.05) is 78.2 Å². The van der Waals surface area contributed by atoms with Crippen LogP contribution in [0.5, 0.6) is 0 Å². The number of esters is 1. The normalized spacial score (nSPS) is 22.2. The van der Waals surface area contributed by atoms with Gasteiger partial charge in [-0.1, -0.05) is 19.9 Å². The number of thiazole rings is 1. The van der Waals surface area contributed by atoms with Gasteiger partial charge in [-0.05, 0) is 69.4 Å². The topological polar surface area (TPSA) is 155 Å². The van der Waals surface area contributed by atoms with E-state index in [2.05, 4.69) is 66.4 Å². The number of fused-ring (bicyclic) bond motifs is 6. The molecule has 13 nitrogen and oxygen atoms in total. The summed E-state index contributed by atoms with van der Waals surface area (Å²) in [6, 6.07) is 10.4. The first-order valence-electron chi connectivity index (χ1n) is 18.8. The van der Waals surface area contributed by atoms with E-state index in [0.29, 0.717) is 37.4 Å². The van der Waals surface area contributed by atoms with E-state index in [1.54, 1.807) is 18.2 Å². The van der Waals surface area contributed by atoms with E-state index in [0.717, 1.165) is 57.6 Å². The molecule has 6 heterocycles. The second kappa shape index (κ2) is 15.5. The number of hydrazine groups is 1. The summed E-state index contributed by atoms with van der Waals surface area (Å²) in [6.45, 7) is 10.1. The quantitative estimate of drug-likeness (QED) is 0.233. The highest BCUT2D eigenvalue weighted by Crippen LogP contribution is 2.42. The van der Waals surface area contributed by atoms with Gasteiger partial charge in [-0.25, -0.2) is 15.2 Å². The van der Waals surface area contributed by atoms with Crippen molar-refractivity contribution in [1.82, 2.24) is 35.2 Å². The Labute approximate surface area is 319 Å². The van der Waals surface area contributed by atoms with Crippen LogP contribution in [0.4, 0.5) is 4.79 Å². The maximum Gasteiger partial charge on any atom is 0.324 e. The van der Waals surface area contributed by atoms with Crippen LogP contribution >= 0.6 is 11.3 Å². The van der Waals surface area contributed by atoms with Crippen LogP contribution < -0.4 is 10.7 Å². The standard InChI is InChI=1S/C40H48N8O5S/c1-6-46-33-12-11-25-19-28(33)29(36(46)27-9-7-16-42-35(27)24(2)52-5)21-40(3,4)23-53-38(50)30-10-8-17-48(45-30)37(49)31(20-34-43-32(25)22-54-34)44-39(51)47-18-14-26(47)13-15-41/h7,9,11-12,16,19,22,24,26,30-31,45H,6,8,10,13-14,17-18,20-21,23H2,1-5H3,(H,44,51)/t24-,26+,30-,31-/m0/s1. The lowest BCUT2D eigenvalue weighted by Crippen LogP contribution is -2.63. The molecule has 4 atom stereocenters. The molecular weight excluding hydrogens is 705 g/mol. The molecule has 0 saturated carbocycles. The first-order chi connectivity index (χ1) is 26.0. The second-order valence-electron chi connectivity index (χ2n) is 15.2. The lowest BCUT2D eigenvalue weighted by molar-refractivity contribution is -0.155. The molecule has 1 aromatic carbocycles. The molecule has 7 rings (SSSR count). The Bertz CT molecular complexity index is 2100. The Balaban J connectivity index is 1.33. The van der Waals surface area contributed by atoms with Crippen LogP contribution in [0.25, 0.3) is 33.4 Å². The van der Waals surface area contributed by atoms with Gasteiger partial charge in [0.05, 0.1) is 47.3 Å². The van der Waals surface area contributed by atoms with Crippen molar-refractivity contribution in [3.8, 4) is 28.6 Å². The molecule has 0 unspecified atom stereocenters. The van der Waals surface area contributed by atoms with Gasteiger partial charge in [-0.15, -0.1) is 11.3 Å². The number of ether oxygens (including phenoxy) is 2. The zero-order valence-electron chi connectivity index (χ0n) is 31.6. The number of hydrogen-bond acceptors (Lipinski definition) is 10. The van der Waals surface area contributed by atoms with Crippen molar-refractivity contribution in [3.63, 3.8) is 0 Å². The van der Waals surface area contributed by atoms with E-state index in [4.69, 9.17) is 19.4 Å². The third-order valence-electron chi connectivity index (χ3n) is 10.9. The van der Waals surface area contributed by atoms with Gasteiger partial charge in [0.25, 0.3) is 5.91 Å². The number of nitrogens with one attached hydrogen (secondary N) is 2. The average Bonchev–Trinajstić information content (AvgIpc) is 3.76. The van der Waals surface area contributed by atoms with Gasteiger partial charge in [0.15, 0.2) is 0 Å². The van der Waals surface area contributed by atoms with Crippen LogP contribution in [0.15, 0.2) is 41.9 Å². The fraction of sp³-hybridized carbons (Fsp3) is 0.500. The van der Waals surface area contributed by atoms with Crippen LogP contribution in [-0.2, 0) is 38.4 Å². The highest BCUT2D eigenvalue weighted by Gasteiger charge is 2.38. The Morgan fingerprint density at radius 3 is 2.81 bits per heavy atom. The molecular formula is C40H48N8O5S. The van der Waals surface area contributed by atoms with Crippen molar-refractivity contribution in [2.24, 2.45) is 5.41 Å². The number of aromatic nitrogens is 3. The Hall–Kier alpha value is -4.84. The van der Waals surface area contributed by atoms with E-state index in [-0.39, 0.29) is 43.5 Å². The molecule has 3 amide bonds. The van der Waals surface area contributed by atoms with Crippen molar-refractivity contribution < 1.29 is 23.9 Å². The monoisotopic (exact) mass is 752 g/mol. The van der Waals surface area contributed by atoms with Crippen LogP contribution in [0, 0.1) is 16.7 Å². The van der Waals surface area contributed by atoms with E-state index in [1.165, 1.54) is 16.3 Å². The molecule has 54 heavy (non-hydrogen) atoms. The largest absolute Gasteiger partial charge is 0.464 e. The number of methoxy groups -OCH3 is 1. The van der Waals surface area contributed by atoms with Crippen molar-refractivity contribution in [1.29, 1.82) is 5.26 Å². The summed E-state index contributed by atoms with van der Waals surface area (Å²) in [7, 11) is 1.69. The lowest BCUT2D eigenvalue weighted by atomic mass is 9.84. The Kier molecular flexibility index (Phi) is 10.7. The summed E-state index contributed by atoms with van der Waals surface area (Å²) in [4.78, 5) is 52.6. The third-order valence-corrected chi connectivity index (χ3v) is 11.7. The minimum atomic E-state index is -0.946. The Morgan fingerprint density at radius 1 is 1.24 bits per heavy atom. The number of carbonyl (C=O) groups excluding carboxylic acids is 3. The van der Waals surface area contributed by atoms with Crippen LogP contribution in [0.1, 0.15) is 75.7 Å². The van der Waals surface area contributed by atoms with Crippen molar-refractivity contribution >= 4 is 40.1 Å². The van der Waals surface area contributed by atoms with Gasteiger partial charge in [-0.3, -0.25) is 19.6 Å². The number of nitriles is 1. The zero-order valence-corrected chi connectivity index (χ0v) is 32.4. The predicted octanol–water partition coefficient (Wildman–Crippen LogP) is 5.78. The number of amides is 3. The van der Waals surface area contributed by atoms with Crippen LogP contribution in [0.3, 0.4) is 0 Å². The third kappa shape index (κ3) is 7.32. The summed E-state index contributed by atoms with van der Waals surface area (Å²) in [5.41, 5.74) is 9.46. The Morgan fingerprint density at radius 2 is 2.07 bits per heavy atom. The molecule has 2 saturated heterocycles. The molecule has 284 valence electrons. The van der Waals surface area contributed by atoms with Crippen LogP contribution in [0.2, 0.25) is 0 Å². The lowest BCUT2D eigenvalue weighted by Gasteiger charge is -2.41. The number of likely N-dealkylation sites (tertiary alicyclic amines) is 1. The molecule has 0 aliphatic carbocycles. The maximum absolute atomic E-state index is 14.1. The van der Waals surface area contributed by atoms with Gasteiger partial charge < -0.3 is 24.3 Å². The van der Waals surface area contributed by atoms with E-state index >= 15 is 0 Å². The van der Waals surface area contributed by atoms with Crippen LogP contribution in [-0.4, -0.2) is 87.3 Å². The molecule has 3 aliphatic rings. The van der Waals surface area contributed by atoms with Crippen molar-refractivity contribution in [2.45, 2.75) is 97.0 Å². The number of pyridine rings is 1. The van der Waals surface area contributed by atoms with E-state index in [9.17, 15) is 19.6 Å². The number of cyclic esters (lactones) is 1. The van der Waals surface area contributed by atoms with E-state index in [1.807, 2.05) is 18.4 Å².